The molecular weight excluding hydrogens is 186 g/mol. The summed E-state index contributed by atoms with van der Waals surface area (Å²) >= 11 is 1.46. The van der Waals surface area contributed by atoms with Crippen LogP contribution in [-0.4, -0.2) is 35.3 Å². The minimum atomic E-state index is -0.0469. The number of rotatable bonds is 3. The van der Waals surface area contributed by atoms with Crippen LogP contribution in [0.15, 0.2) is 0 Å². The molecule has 4 heteroatoms. The zero-order valence-corrected chi connectivity index (χ0v) is 9.06. The van der Waals surface area contributed by atoms with E-state index in [2.05, 4.69) is 0 Å². The second-order valence-corrected chi connectivity index (χ2v) is 4.49. The van der Waals surface area contributed by atoms with E-state index in [1.165, 1.54) is 16.7 Å². The molecule has 1 fully saturated rings. The van der Waals surface area contributed by atoms with Gasteiger partial charge in [0.25, 0.3) is 0 Å². The molecule has 0 saturated carbocycles. The van der Waals surface area contributed by atoms with Crippen LogP contribution in [0.4, 0.5) is 0 Å². The third-order valence-electron chi connectivity index (χ3n) is 2.34. The smallest absolute Gasteiger partial charge is 0.239 e. The molecule has 0 radical (unpaired) electrons. The Labute approximate surface area is 82.9 Å². The van der Waals surface area contributed by atoms with Crippen LogP contribution in [0.2, 0.25) is 0 Å². The van der Waals surface area contributed by atoms with E-state index >= 15 is 0 Å². The van der Waals surface area contributed by atoms with Crippen LogP contribution >= 0.6 is 11.8 Å². The average Bonchev–Trinajstić information content (AvgIpc) is 2.01. The number of thioether (sulfide) groups is 1. The lowest BCUT2D eigenvalue weighted by atomic mass is 9.87. The van der Waals surface area contributed by atoms with E-state index in [1.807, 2.05) is 20.1 Å². The first-order chi connectivity index (χ1) is 6.07. The number of nitrogens with zero attached hydrogens (tertiary/aromatic N) is 1. The van der Waals surface area contributed by atoms with Crippen molar-refractivity contribution >= 4 is 23.6 Å². The summed E-state index contributed by atoms with van der Waals surface area (Å²) in [6.45, 7) is 4.65. The van der Waals surface area contributed by atoms with Gasteiger partial charge in [0.2, 0.25) is 11.8 Å². The van der Waals surface area contributed by atoms with Crippen molar-refractivity contribution in [3.05, 3.63) is 0 Å². The first-order valence-corrected chi connectivity index (χ1v) is 5.80. The van der Waals surface area contributed by atoms with Crippen molar-refractivity contribution in [3.63, 3.8) is 0 Å². The Bertz CT molecular complexity index is 228. The highest BCUT2D eigenvalue weighted by Crippen LogP contribution is 2.25. The van der Waals surface area contributed by atoms with Crippen molar-refractivity contribution in [2.24, 2.45) is 11.8 Å². The van der Waals surface area contributed by atoms with Gasteiger partial charge in [0.1, 0.15) is 0 Å². The van der Waals surface area contributed by atoms with E-state index in [4.69, 9.17) is 0 Å². The first kappa shape index (κ1) is 10.6. The Kier molecular flexibility index (Phi) is 3.36. The van der Waals surface area contributed by atoms with Crippen molar-refractivity contribution in [1.29, 1.82) is 0 Å². The van der Waals surface area contributed by atoms with Crippen LogP contribution in [0.25, 0.3) is 0 Å². The van der Waals surface area contributed by atoms with Gasteiger partial charge in [-0.15, -0.1) is 0 Å². The third-order valence-corrected chi connectivity index (χ3v) is 2.87. The van der Waals surface area contributed by atoms with Crippen LogP contribution in [0.3, 0.4) is 0 Å². The minimum Gasteiger partial charge on any atom is -0.281 e. The number of likely N-dealkylation sites (tertiary alicyclic amines) is 1. The summed E-state index contributed by atoms with van der Waals surface area (Å²) in [6, 6.07) is 0. The highest BCUT2D eigenvalue weighted by Gasteiger charge is 2.41. The van der Waals surface area contributed by atoms with Gasteiger partial charge in [-0.05, 0) is 12.2 Å². The maximum atomic E-state index is 11.4. The highest BCUT2D eigenvalue weighted by atomic mass is 32.2. The molecule has 1 aliphatic heterocycles. The topological polar surface area (TPSA) is 37.4 Å². The van der Waals surface area contributed by atoms with E-state index in [1.54, 1.807) is 0 Å². The number of amides is 2. The van der Waals surface area contributed by atoms with E-state index in [-0.39, 0.29) is 17.7 Å². The molecule has 0 N–H and O–H groups in total. The van der Waals surface area contributed by atoms with E-state index in [0.29, 0.717) is 18.2 Å². The Morgan fingerprint density at radius 1 is 1.69 bits per heavy atom. The maximum Gasteiger partial charge on any atom is 0.239 e. The first-order valence-electron chi connectivity index (χ1n) is 4.41. The molecule has 0 aliphatic carbocycles. The molecule has 0 bridgehead atoms. The molecular formula is C9H15NO2S. The summed E-state index contributed by atoms with van der Waals surface area (Å²) in [5, 5.41) is 0. The van der Waals surface area contributed by atoms with Gasteiger partial charge < -0.3 is 0 Å². The van der Waals surface area contributed by atoms with E-state index in [9.17, 15) is 9.59 Å². The van der Waals surface area contributed by atoms with Gasteiger partial charge in [-0.2, -0.15) is 11.8 Å². The Hall–Kier alpha value is -0.510. The minimum absolute atomic E-state index is 0.00838. The standard InChI is InChI=1S/C9H15NO2S/c1-6(2)7-4-10(9(7)12)8(11)5-13-3/h6-7H,4-5H2,1-3H3. The highest BCUT2D eigenvalue weighted by molar-refractivity contribution is 7.99. The molecule has 3 nitrogen and oxygen atoms in total. The largest absolute Gasteiger partial charge is 0.281 e. The normalized spacial score (nSPS) is 22.0. The second-order valence-electron chi connectivity index (χ2n) is 3.63. The molecule has 1 rings (SSSR count). The van der Waals surface area contributed by atoms with Gasteiger partial charge in [0.15, 0.2) is 0 Å². The molecule has 1 unspecified atom stereocenters. The van der Waals surface area contributed by atoms with Crippen molar-refractivity contribution in [2.45, 2.75) is 13.8 Å². The molecule has 0 aromatic heterocycles. The maximum absolute atomic E-state index is 11.4. The van der Waals surface area contributed by atoms with Crippen molar-refractivity contribution in [1.82, 2.24) is 4.90 Å². The average molecular weight is 201 g/mol. The van der Waals surface area contributed by atoms with Crippen molar-refractivity contribution in [2.75, 3.05) is 18.6 Å². The van der Waals surface area contributed by atoms with E-state index < -0.39 is 0 Å². The van der Waals surface area contributed by atoms with Gasteiger partial charge in [-0.25, -0.2) is 0 Å². The summed E-state index contributed by atoms with van der Waals surface area (Å²) in [6.07, 6.45) is 1.86. The van der Waals surface area contributed by atoms with Crippen LogP contribution < -0.4 is 0 Å². The zero-order valence-electron chi connectivity index (χ0n) is 8.24. The third kappa shape index (κ3) is 2.05. The molecule has 0 aromatic carbocycles. The van der Waals surface area contributed by atoms with Gasteiger partial charge in [0, 0.05) is 6.54 Å². The zero-order chi connectivity index (χ0) is 10.0. The molecule has 13 heavy (non-hydrogen) atoms. The van der Waals surface area contributed by atoms with Gasteiger partial charge in [-0.3, -0.25) is 14.5 Å². The van der Waals surface area contributed by atoms with Gasteiger partial charge >= 0.3 is 0 Å². The summed E-state index contributed by atoms with van der Waals surface area (Å²) in [5.41, 5.74) is 0. The molecule has 0 spiro atoms. The lowest BCUT2D eigenvalue weighted by Crippen LogP contribution is -2.57. The number of imide groups is 1. The molecule has 1 saturated heterocycles. The summed E-state index contributed by atoms with van der Waals surface area (Å²) in [7, 11) is 0. The van der Waals surface area contributed by atoms with Gasteiger partial charge in [0.05, 0.1) is 11.7 Å². The predicted octanol–water partition coefficient (Wildman–Crippen LogP) is 0.990. The fraction of sp³-hybridized carbons (Fsp3) is 0.778. The van der Waals surface area contributed by atoms with Crippen LogP contribution in [0.5, 0.6) is 0 Å². The summed E-state index contributed by atoms with van der Waals surface area (Å²) in [5.74, 6) is 0.802. The number of carbonyl (C=O) groups excluding carboxylic acids is 2. The molecule has 2 amide bonds. The predicted molar refractivity (Wildman–Crippen MR) is 53.4 cm³/mol. The van der Waals surface area contributed by atoms with Gasteiger partial charge in [-0.1, -0.05) is 13.8 Å². The molecule has 1 atom stereocenters. The second kappa shape index (κ2) is 4.13. The number of β-lactam (4-membered cyclic amide) rings is 1. The summed E-state index contributed by atoms with van der Waals surface area (Å²) < 4.78 is 0. The van der Waals surface area contributed by atoms with Crippen molar-refractivity contribution in [3.8, 4) is 0 Å². The molecule has 1 heterocycles. The Balaban J connectivity index is 2.43. The fourth-order valence-corrected chi connectivity index (χ4v) is 1.78. The monoisotopic (exact) mass is 201 g/mol. The lowest BCUT2D eigenvalue weighted by molar-refractivity contribution is -0.159. The molecule has 0 aromatic rings. The Morgan fingerprint density at radius 3 is 2.69 bits per heavy atom. The SMILES string of the molecule is CSCC(=O)N1CC(C(C)C)C1=O. The number of hydrogen-bond donors (Lipinski definition) is 0. The van der Waals surface area contributed by atoms with Crippen LogP contribution in [-0.2, 0) is 9.59 Å². The van der Waals surface area contributed by atoms with Crippen LogP contribution in [0.1, 0.15) is 13.8 Å². The lowest BCUT2D eigenvalue weighted by Gasteiger charge is -2.38. The van der Waals surface area contributed by atoms with E-state index in [0.717, 1.165) is 0 Å². The number of hydrogen-bond acceptors (Lipinski definition) is 3. The van der Waals surface area contributed by atoms with Crippen LogP contribution in [0, 0.1) is 11.8 Å². The summed E-state index contributed by atoms with van der Waals surface area (Å²) in [4.78, 5) is 24.1. The number of carbonyl (C=O) groups is 2. The quantitative estimate of drug-likeness (QED) is 0.639. The fourth-order valence-electron chi connectivity index (χ4n) is 1.37. The molecule has 1 aliphatic rings. The molecule has 74 valence electrons. The Morgan fingerprint density at radius 2 is 2.31 bits per heavy atom. The van der Waals surface area contributed by atoms with Crippen molar-refractivity contribution < 1.29 is 9.59 Å².